The Kier molecular flexibility index (Phi) is 6.38. The molecule has 0 aliphatic rings. The number of aromatic nitrogens is 1. The van der Waals surface area contributed by atoms with Gasteiger partial charge in [-0.05, 0) is 50.1 Å². The first-order chi connectivity index (χ1) is 13.4. The van der Waals surface area contributed by atoms with Crippen LogP contribution >= 0.6 is 11.3 Å². The van der Waals surface area contributed by atoms with Crippen molar-refractivity contribution in [1.29, 1.82) is 0 Å². The summed E-state index contributed by atoms with van der Waals surface area (Å²) in [6.45, 7) is 5.36. The van der Waals surface area contributed by atoms with E-state index in [1.165, 1.54) is 18.3 Å². The number of fused-ring (bicyclic) bond motifs is 1. The van der Waals surface area contributed by atoms with Crippen LogP contribution in [0.25, 0.3) is 10.2 Å². The van der Waals surface area contributed by atoms with Crippen LogP contribution in [0.5, 0.6) is 0 Å². The van der Waals surface area contributed by atoms with Gasteiger partial charge in [-0.25, -0.2) is 9.78 Å². The number of carbonyl (C=O) groups excluding carboxylic acids is 2. The number of benzene rings is 2. The molecule has 28 heavy (non-hydrogen) atoms. The fraction of sp³-hybridized carbons (Fsp3) is 0.286. The van der Waals surface area contributed by atoms with Crippen LogP contribution in [0.1, 0.15) is 23.1 Å². The van der Waals surface area contributed by atoms with Crippen LogP contribution in [-0.4, -0.2) is 29.6 Å². The maximum absolute atomic E-state index is 12.3. The molecule has 1 N–H and O–H groups in total. The summed E-state index contributed by atoms with van der Waals surface area (Å²) >= 11 is 1.52. The van der Waals surface area contributed by atoms with Crippen molar-refractivity contribution >= 4 is 39.1 Å². The van der Waals surface area contributed by atoms with E-state index in [-0.39, 0.29) is 19.1 Å². The second-order valence-electron chi connectivity index (χ2n) is 6.51. The summed E-state index contributed by atoms with van der Waals surface area (Å²) in [6, 6.07) is 13.6. The van der Waals surface area contributed by atoms with Crippen molar-refractivity contribution in [3.63, 3.8) is 0 Å². The van der Waals surface area contributed by atoms with E-state index in [9.17, 15) is 9.59 Å². The molecule has 1 atom stereocenters. The molecular weight excluding hydrogens is 376 g/mol. The lowest BCUT2D eigenvalue weighted by Crippen LogP contribution is -2.31. The summed E-state index contributed by atoms with van der Waals surface area (Å²) in [5.41, 5.74) is 3.59. The fourth-order valence-electron chi connectivity index (χ4n) is 2.59. The van der Waals surface area contributed by atoms with Gasteiger partial charge < -0.3 is 14.8 Å². The molecule has 3 aromatic rings. The van der Waals surface area contributed by atoms with E-state index >= 15 is 0 Å². The number of hydrogen-bond donors (Lipinski definition) is 1. The van der Waals surface area contributed by atoms with Crippen molar-refractivity contribution in [2.24, 2.45) is 0 Å². The second-order valence-corrected chi connectivity index (χ2v) is 7.62. The molecule has 0 saturated heterocycles. The standard InChI is InChI=1S/C21H22N2O4S/c1-13-8-9-14(2)17(10-13)23-21(25)15(3)27-20(24)12-26-11-19-22-16-6-4-5-7-18(16)28-19/h4-10,15H,11-12H2,1-3H3,(H,23,25)/t15-/m1/s1. The first-order valence-corrected chi connectivity index (χ1v) is 9.74. The molecule has 0 spiro atoms. The number of carbonyl (C=O) groups is 2. The van der Waals surface area contributed by atoms with Crippen molar-refractivity contribution in [1.82, 2.24) is 4.98 Å². The lowest BCUT2D eigenvalue weighted by Gasteiger charge is -2.15. The Morgan fingerprint density at radius 1 is 1.18 bits per heavy atom. The molecule has 0 unspecified atom stereocenters. The monoisotopic (exact) mass is 398 g/mol. The SMILES string of the molecule is Cc1ccc(C)c(NC(=O)[C@@H](C)OC(=O)COCc2nc3ccccc3s2)c1. The van der Waals surface area contributed by atoms with Gasteiger partial charge in [-0.1, -0.05) is 24.3 Å². The number of anilines is 1. The van der Waals surface area contributed by atoms with Gasteiger partial charge in [0.25, 0.3) is 5.91 Å². The van der Waals surface area contributed by atoms with Gasteiger partial charge in [0.1, 0.15) is 11.6 Å². The number of esters is 1. The van der Waals surface area contributed by atoms with Crippen LogP contribution in [0.3, 0.4) is 0 Å². The molecule has 0 aliphatic carbocycles. The highest BCUT2D eigenvalue weighted by atomic mass is 32.1. The summed E-state index contributed by atoms with van der Waals surface area (Å²) in [5.74, 6) is -0.974. The molecule has 3 rings (SSSR count). The van der Waals surface area contributed by atoms with Gasteiger partial charge in [0.2, 0.25) is 0 Å². The van der Waals surface area contributed by atoms with E-state index in [4.69, 9.17) is 9.47 Å². The number of nitrogens with one attached hydrogen (secondary N) is 1. The Morgan fingerprint density at radius 3 is 2.75 bits per heavy atom. The molecule has 1 heterocycles. The lowest BCUT2D eigenvalue weighted by molar-refractivity contribution is -0.157. The fourth-order valence-corrected chi connectivity index (χ4v) is 3.50. The molecule has 6 nitrogen and oxygen atoms in total. The minimum atomic E-state index is -0.918. The number of ether oxygens (including phenoxy) is 2. The molecule has 0 saturated carbocycles. The summed E-state index contributed by atoms with van der Waals surface area (Å²) in [6.07, 6.45) is -0.918. The van der Waals surface area contributed by atoms with E-state index in [1.807, 2.05) is 56.3 Å². The second kappa shape index (κ2) is 8.95. The number of rotatable bonds is 7. The molecular formula is C21H22N2O4S. The van der Waals surface area contributed by atoms with Gasteiger partial charge in [-0.3, -0.25) is 4.79 Å². The van der Waals surface area contributed by atoms with Crippen LogP contribution < -0.4 is 5.32 Å². The van der Waals surface area contributed by atoms with Crippen molar-refractivity contribution in [2.75, 3.05) is 11.9 Å². The van der Waals surface area contributed by atoms with Crippen LogP contribution in [0.15, 0.2) is 42.5 Å². The summed E-state index contributed by atoms with van der Waals surface area (Å²) in [4.78, 5) is 28.7. The smallest absolute Gasteiger partial charge is 0.332 e. The van der Waals surface area contributed by atoms with E-state index in [0.717, 1.165) is 26.4 Å². The Hall–Kier alpha value is -2.77. The van der Waals surface area contributed by atoms with Crippen molar-refractivity contribution in [2.45, 2.75) is 33.5 Å². The van der Waals surface area contributed by atoms with Crippen molar-refractivity contribution < 1.29 is 19.1 Å². The zero-order valence-corrected chi connectivity index (χ0v) is 16.8. The molecule has 2 aromatic carbocycles. The van der Waals surface area contributed by atoms with Gasteiger partial charge in [-0.15, -0.1) is 11.3 Å². The summed E-state index contributed by atoms with van der Waals surface area (Å²) < 4.78 is 11.6. The number of nitrogens with zero attached hydrogens (tertiary/aromatic N) is 1. The highest BCUT2D eigenvalue weighted by Crippen LogP contribution is 2.22. The molecule has 1 amide bonds. The van der Waals surface area contributed by atoms with Gasteiger partial charge in [0.15, 0.2) is 6.10 Å². The van der Waals surface area contributed by atoms with E-state index < -0.39 is 12.1 Å². The molecule has 0 fully saturated rings. The summed E-state index contributed by atoms with van der Waals surface area (Å²) in [5, 5.41) is 3.57. The van der Waals surface area contributed by atoms with Crippen LogP contribution in [0, 0.1) is 13.8 Å². The quantitative estimate of drug-likeness (QED) is 0.609. The molecule has 146 valence electrons. The topological polar surface area (TPSA) is 77.5 Å². The van der Waals surface area contributed by atoms with Crippen LogP contribution in [0.2, 0.25) is 0 Å². The minimum Gasteiger partial charge on any atom is -0.451 e. The Balaban J connectivity index is 1.45. The predicted octanol–water partition coefficient (Wildman–Crippen LogP) is 4.00. The Labute approximate surface area is 167 Å². The van der Waals surface area contributed by atoms with Crippen molar-refractivity contribution in [3.8, 4) is 0 Å². The number of amides is 1. The van der Waals surface area contributed by atoms with E-state index in [2.05, 4.69) is 10.3 Å². The zero-order chi connectivity index (χ0) is 20.1. The van der Waals surface area contributed by atoms with Gasteiger partial charge in [-0.2, -0.15) is 0 Å². The first kappa shape index (κ1) is 20.0. The van der Waals surface area contributed by atoms with Crippen LogP contribution in [0.4, 0.5) is 5.69 Å². The third-order valence-corrected chi connectivity index (χ3v) is 5.12. The van der Waals surface area contributed by atoms with Gasteiger partial charge >= 0.3 is 5.97 Å². The minimum absolute atomic E-state index is 0.220. The Bertz CT molecular complexity index is 966. The lowest BCUT2D eigenvalue weighted by atomic mass is 10.1. The largest absolute Gasteiger partial charge is 0.451 e. The Morgan fingerprint density at radius 2 is 1.96 bits per heavy atom. The van der Waals surface area contributed by atoms with Gasteiger partial charge in [0.05, 0.1) is 16.8 Å². The number of para-hydroxylation sites is 1. The van der Waals surface area contributed by atoms with Gasteiger partial charge in [0, 0.05) is 5.69 Å². The predicted molar refractivity (Wildman–Crippen MR) is 109 cm³/mol. The average molecular weight is 398 g/mol. The zero-order valence-electron chi connectivity index (χ0n) is 16.0. The highest BCUT2D eigenvalue weighted by Gasteiger charge is 2.19. The molecule has 1 aromatic heterocycles. The first-order valence-electron chi connectivity index (χ1n) is 8.92. The maximum atomic E-state index is 12.3. The third kappa shape index (κ3) is 5.15. The highest BCUT2D eigenvalue weighted by molar-refractivity contribution is 7.18. The number of thiazole rings is 1. The van der Waals surface area contributed by atoms with Crippen LogP contribution in [-0.2, 0) is 25.7 Å². The molecule has 0 aliphatic heterocycles. The third-order valence-electron chi connectivity index (χ3n) is 4.11. The normalized spacial score (nSPS) is 12.0. The van der Waals surface area contributed by atoms with Crippen molar-refractivity contribution in [3.05, 3.63) is 58.6 Å². The summed E-state index contributed by atoms with van der Waals surface area (Å²) in [7, 11) is 0. The molecule has 0 bridgehead atoms. The van der Waals surface area contributed by atoms with E-state index in [0.29, 0.717) is 5.69 Å². The average Bonchev–Trinajstić information content (AvgIpc) is 3.07. The number of hydrogen-bond acceptors (Lipinski definition) is 6. The molecule has 7 heteroatoms. The maximum Gasteiger partial charge on any atom is 0.332 e. The van der Waals surface area contributed by atoms with E-state index in [1.54, 1.807) is 0 Å². The molecule has 0 radical (unpaired) electrons. The number of aryl methyl sites for hydroxylation is 2.